The van der Waals surface area contributed by atoms with Crippen molar-refractivity contribution in [2.45, 2.75) is 32.2 Å². The molecule has 0 atom stereocenters. The van der Waals surface area contributed by atoms with E-state index in [4.69, 9.17) is 5.73 Å². The lowest BCUT2D eigenvalue weighted by molar-refractivity contribution is -0.384. The Labute approximate surface area is 194 Å². The molecule has 1 aromatic heterocycles. The predicted molar refractivity (Wildman–Crippen MR) is 132 cm³/mol. The Bertz CT molecular complexity index is 1110. The number of nitro groups is 1. The highest BCUT2D eigenvalue weighted by Crippen LogP contribution is 2.32. The van der Waals surface area contributed by atoms with Crippen molar-refractivity contribution < 1.29 is 4.92 Å². The lowest BCUT2D eigenvalue weighted by Gasteiger charge is -2.34. The fourth-order valence-electron chi connectivity index (χ4n) is 4.95. The summed E-state index contributed by atoms with van der Waals surface area (Å²) in [5.41, 5.74) is 6.84. The van der Waals surface area contributed by atoms with Gasteiger partial charge in [0.25, 0.3) is 0 Å². The van der Waals surface area contributed by atoms with Crippen LogP contribution in [-0.4, -0.2) is 47.0 Å². The van der Waals surface area contributed by atoms with Gasteiger partial charge in [-0.25, -0.2) is 4.98 Å². The molecule has 1 aliphatic rings. The number of aromatic nitrogens is 2. The predicted octanol–water partition coefficient (Wildman–Crippen LogP) is 4.49. The summed E-state index contributed by atoms with van der Waals surface area (Å²) in [4.78, 5) is 23.7. The Morgan fingerprint density at radius 2 is 1.70 bits per heavy atom. The number of anilines is 2. The van der Waals surface area contributed by atoms with E-state index >= 15 is 0 Å². The van der Waals surface area contributed by atoms with Gasteiger partial charge in [-0.3, -0.25) is 10.1 Å². The van der Waals surface area contributed by atoms with Crippen LogP contribution in [0.4, 0.5) is 17.5 Å². The number of benzene rings is 2. The smallest absolute Gasteiger partial charge is 0.329 e. The van der Waals surface area contributed by atoms with Gasteiger partial charge in [0.05, 0.1) is 4.92 Å². The maximum Gasteiger partial charge on any atom is 0.329 e. The van der Waals surface area contributed by atoms with Crippen molar-refractivity contribution in [3.8, 4) is 0 Å². The van der Waals surface area contributed by atoms with Crippen molar-refractivity contribution in [2.24, 2.45) is 11.8 Å². The topological polar surface area (TPSA) is 101 Å². The SMILES string of the molecule is CN(C)CC1CCC(CN(Cc2cccc3ccccc23)c2ncc([N+](=O)[O-])c(N)n2)CC1. The third-order valence-electron chi connectivity index (χ3n) is 6.57. The molecular weight excluding hydrogens is 416 g/mol. The van der Waals surface area contributed by atoms with E-state index in [-0.39, 0.29) is 11.5 Å². The van der Waals surface area contributed by atoms with Crippen LogP contribution < -0.4 is 10.6 Å². The first kappa shape index (κ1) is 22.9. The number of nitrogen functional groups attached to an aromatic ring is 1. The van der Waals surface area contributed by atoms with Crippen molar-refractivity contribution in [3.63, 3.8) is 0 Å². The van der Waals surface area contributed by atoms with Crippen LogP contribution in [0.1, 0.15) is 31.2 Å². The lowest BCUT2D eigenvalue weighted by atomic mass is 9.81. The fraction of sp³-hybridized carbons (Fsp3) is 0.440. The first-order valence-electron chi connectivity index (χ1n) is 11.5. The van der Waals surface area contributed by atoms with Gasteiger partial charge in [-0.1, -0.05) is 42.5 Å². The van der Waals surface area contributed by atoms with Crippen LogP contribution in [0.25, 0.3) is 10.8 Å². The molecular formula is C25H32N6O2. The van der Waals surface area contributed by atoms with Gasteiger partial charge in [0.15, 0.2) is 0 Å². The first-order valence-corrected chi connectivity index (χ1v) is 11.5. The summed E-state index contributed by atoms with van der Waals surface area (Å²) < 4.78 is 0. The second-order valence-electron chi connectivity index (χ2n) is 9.37. The zero-order valence-electron chi connectivity index (χ0n) is 19.4. The van der Waals surface area contributed by atoms with E-state index in [1.165, 1.54) is 35.4 Å². The first-order chi connectivity index (χ1) is 15.9. The highest BCUT2D eigenvalue weighted by atomic mass is 16.6. The highest BCUT2D eigenvalue weighted by molar-refractivity contribution is 5.85. The van der Waals surface area contributed by atoms with Crippen LogP contribution in [-0.2, 0) is 6.54 Å². The van der Waals surface area contributed by atoms with Gasteiger partial charge in [0.1, 0.15) is 6.20 Å². The number of nitrogens with zero attached hydrogens (tertiary/aromatic N) is 5. The summed E-state index contributed by atoms with van der Waals surface area (Å²) in [5, 5.41) is 13.6. The fourth-order valence-corrected chi connectivity index (χ4v) is 4.95. The molecule has 4 rings (SSSR count). The zero-order valence-corrected chi connectivity index (χ0v) is 19.4. The quantitative estimate of drug-likeness (QED) is 0.400. The van der Waals surface area contributed by atoms with Crippen LogP contribution in [0.3, 0.4) is 0 Å². The standard InChI is InChI=1S/C25H32N6O2/c1-29(2)15-18-10-12-19(13-11-18)16-30(25-27-14-23(31(32)33)24(26)28-25)17-21-8-5-7-20-6-3-4-9-22(20)21/h3-9,14,18-19H,10-13,15-17H2,1-2H3,(H2,26,27,28). The van der Waals surface area contributed by atoms with Crippen molar-refractivity contribution in [1.82, 2.24) is 14.9 Å². The summed E-state index contributed by atoms with van der Waals surface area (Å²) in [5.74, 6) is 1.62. The van der Waals surface area contributed by atoms with Gasteiger partial charge in [-0.15, -0.1) is 0 Å². The molecule has 1 aliphatic carbocycles. The number of rotatable bonds is 8. The summed E-state index contributed by atoms with van der Waals surface area (Å²) in [7, 11) is 4.27. The third kappa shape index (κ3) is 5.57. The third-order valence-corrected chi connectivity index (χ3v) is 6.57. The average Bonchev–Trinajstić information content (AvgIpc) is 2.79. The second-order valence-corrected chi connectivity index (χ2v) is 9.37. The average molecular weight is 449 g/mol. The maximum absolute atomic E-state index is 11.2. The minimum absolute atomic E-state index is 0.0948. The Hall–Kier alpha value is -3.26. The molecule has 0 unspecified atom stereocenters. The Balaban J connectivity index is 1.59. The van der Waals surface area contributed by atoms with E-state index in [0.717, 1.165) is 31.8 Å². The zero-order chi connectivity index (χ0) is 23.4. The summed E-state index contributed by atoms with van der Waals surface area (Å²) in [6, 6.07) is 14.6. The van der Waals surface area contributed by atoms with Gasteiger partial charge in [0.2, 0.25) is 11.8 Å². The summed E-state index contributed by atoms with van der Waals surface area (Å²) in [6.07, 6.45) is 5.98. The van der Waals surface area contributed by atoms with Crippen LogP contribution in [0, 0.1) is 22.0 Å². The molecule has 0 spiro atoms. The van der Waals surface area contributed by atoms with Gasteiger partial charge >= 0.3 is 5.69 Å². The lowest BCUT2D eigenvalue weighted by Crippen LogP contribution is -2.34. The van der Waals surface area contributed by atoms with Gasteiger partial charge in [-0.05, 0) is 68.0 Å². The molecule has 1 saturated carbocycles. The van der Waals surface area contributed by atoms with Gasteiger partial charge < -0.3 is 15.5 Å². The van der Waals surface area contributed by atoms with Crippen LogP contribution in [0.2, 0.25) is 0 Å². The Morgan fingerprint density at radius 3 is 2.36 bits per heavy atom. The molecule has 0 aliphatic heterocycles. The second kappa shape index (κ2) is 10.1. The van der Waals surface area contributed by atoms with E-state index in [1.807, 2.05) is 12.1 Å². The van der Waals surface area contributed by atoms with Crippen molar-refractivity contribution in [2.75, 3.05) is 37.8 Å². The maximum atomic E-state index is 11.2. The summed E-state index contributed by atoms with van der Waals surface area (Å²) in [6.45, 7) is 2.56. The van der Waals surface area contributed by atoms with Crippen molar-refractivity contribution in [1.29, 1.82) is 0 Å². The van der Waals surface area contributed by atoms with Gasteiger partial charge in [0, 0.05) is 19.6 Å². The minimum Gasteiger partial charge on any atom is -0.378 e. The number of nitrogens with two attached hydrogens (primary N) is 1. The Kier molecular flexibility index (Phi) is 7.03. The highest BCUT2D eigenvalue weighted by Gasteiger charge is 2.26. The molecule has 0 amide bonds. The number of hydrogen-bond donors (Lipinski definition) is 1. The number of hydrogen-bond acceptors (Lipinski definition) is 7. The molecule has 0 radical (unpaired) electrons. The molecule has 1 heterocycles. The molecule has 8 heteroatoms. The summed E-state index contributed by atoms with van der Waals surface area (Å²) >= 11 is 0. The molecule has 33 heavy (non-hydrogen) atoms. The van der Waals surface area contributed by atoms with E-state index < -0.39 is 4.92 Å². The molecule has 3 aromatic rings. The molecule has 0 bridgehead atoms. The van der Waals surface area contributed by atoms with Crippen LogP contribution >= 0.6 is 0 Å². The largest absolute Gasteiger partial charge is 0.378 e. The van der Waals surface area contributed by atoms with E-state index in [1.54, 1.807) is 0 Å². The number of fused-ring (bicyclic) bond motifs is 1. The molecule has 174 valence electrons. The molecule has 2 aromatic carbocycles. The van der Waals surface area contributed by atoms with Gasteiger partial charge in [-0.2, -0.15) is 4.98 Å². The van der Waals surface area contributed by atoms with Crippen molar-refractivity contribution >= 4 is 28.2 Å². The van der Waals surface area contributed by atoms with Crippen LogP contribution in [0.15, 0.2) is 48.7 Å². The molecule has 2 N–H and O–H groups in total. The minimum atomic E-state index is -0.541. The van der Waals surface area contributed by atoms with E-state index in [9.17, 15) is 10.1 Å². The normalized spacial score (nSPS) is 18.5. The van der Waals surface area contributed by atoms with Crippen molar-refractivity contribution in [3.05, 3.63) is 64.3 Å². The monoisotopic (exact) mass is 448 g/mol. The van der Waals surface area contributed by atoms with E-state index in [2.05, 4.69) is 64.2 Å². The molecule has 0 saturated heterocycles. The Morgan fingerprint density at radius 1 is 1.03 bits per heavy atom. The van der Waals surface area contributed by atoms with E-state index in [0.29, 0.717) is 18.4 Å². The molecule has 8 nitrogen and oxygen atoms in total. The van der Waals surface area contributed by atoms with Crippen LogP contribution in [0.5, 0.6) is 0 Å². The molecule has 1 fully saturated rings.